The van der Waals surface area contributed by atoms with Crippen LogP contribution in [0.15, 0.2) is 24.3 Å². The highest BCUT2D eigenvalue weighted by Crippen LogP contribution is 2.39. The molecule has 1 saturated carbocycles. The maximum absolute atomic E-state index is 12.6. The number of aryl methyl sites for hydroxylation is 1. The monoisotopic (exact) mass is 258 g/mol. The van der Waals surface area contributed by atoms with Crippen molar-refractivity contribution in [3.05, 3.63) is 35.4 Å². The summed E-state index contributed by atoms with van der Waals surface area (Å²) in [4.78, 5) is 14.7. The summed E-state index contributed by atoms with van der Waals surface area (Å²) in [5, 5.41) is 0. The number of nitrogens with zero attached hydrogens (tertiary/aromatic N) is 1. The van der Waals surface area contributed by atoms with Gasteiger partial charge in [-0.2, -0.15) is 0 Å². The maximum Gasteiger partial charge on any atom is 0.243 e. The van der Waals surface area contributed by atoms with E-state index in [0.717, 1.165) is 38.6 Å². The van der Waals surface area contributed by atoms with E-state index in [4.69, 9.17) is 5.73 Å². The third-order valence-electron chi connectivity index (χ3n) is 4.73. The van der Waals surface area contributed by atoms with Crippen molar-refractivity contribution >= 4 is 5.91 Å². The Morgan fingerprint density at radius 1 is 1.32 bits per heavy atom. The van der Waals surface area contributed by atoms with Crippen LogP contribution in [0.1, 0.15) is 49.3 Å². The fourth-order valence-electron chi connectivity index (χ4n) is 3.35. The number of hydrogen-bond acceptors (Lipinski definition) is 2. The van der Waals surface area contributed by atoms with E-state index in [9.17, 15) is 4.79 Å². The van der Waals surface area contributed by atoms with Gasteiger partial charge in [-0.15, -0.1) is 0 Å². The molecular formula is C16H22N2O. The molecule has 3 heteroatoms. The van der Waals surface area contributed by atoms with Crippen LogP contribution in [0, 0.1) is 6.92 Å². The van der Waals surface area contributed by atoms with Gasteiger partial charge in [0, 0.05) is 6.54 Å². The van der Waals surface area contributed by atoms with E-state index in [2.05, 4.69) is 31.2 Å². The van der Waals surface area contributed by atoms with Crippen LogP contribution in [-0.2, 0) is 4.79 Å². The smallest absolute Gasteiger partial charge is 0.243 e. The Morgan fingerprint density at radius 2 is 2.05 bits per heavy atom. The fraction of sp³-hybridized carbons (Fsp3) is 0.562. The number of hydrogen-bond donors (Lipinski definition) is 1. The van der Waals surface area contributed by atoms with Crippen LogP contribution in [0.25, 0.3) is 0 Å². The van der Waals surface area contributed by atoms with Crippen LogP contribution < -0.4 is 5.73 Å². The largest absolute Gasteiger partial charge is 0.334 e. The molecule has 2 fully saturated rings. The minimum absolute atomic E-state index is 0.171. The molecule has 1 aliphatic carbocycles. The van der Waals surface area contributed by atoms with Crippen molar-refractivity contribution in [1.82, 2.24) is 4.90 Å². The van der Waals surface area contributed by atoms with Crippen molar-refractivity contribution in [2.24, 2.45) is 5.73 Å². The van der Waals surface area contributed by atoms with Gasteiger partial charge in [0.15, 0.2) is 0 Å². The SMILES string of the molecule is Cc1ccccc1C1CCCN1C(=O)C1(N)CCC1. The van der Waals surface area contributed by atoms with Gasteiger partial charge in [-0.1, -0.05) is 24.3 Å². The van der Waals surface area contributed by atoms with Gasteiger partial charge in [0.2, 0.25) is 5.91 Å². The number of benzene rings is 1. The fourth-order valence-corrected chi connectivity index (χ4v) is 3.35. The number of nitrogens with two attached hydrogens (primary N) is 1. The van der Waals surface area contributed by atoms with Crippen LogP contribution >= 0.6 is 0 Å². The predicted molar refractivity (Wildman–Crippen MR) is 75.6 cm³/mol. The topological polar surface area (TPSA) is 46.3 Å². The van der Waals surface area contributed by atoms with Gasteiger partial charge >= 0.3 is 0 Å². The first-order chi connectivity index (χ1) is 9.12. The molecule has 3 rings (SSSR count). The Bertz CT molecular complexity index is 493. The summed E-state index contributed by atoms with van der Waals surface area (Å²) in [7, 11) is 0. The average Bonchev–Trinajstić information content (AvgIpc) is 2.84. The number of carbonyl (C=O) groups is 1. The quantitative estimate of drug-likeness (QED) is 0.886. The standard InChI is InChI=1S/C16H22N2O/c1-12-6-2-3-7-13(12)14-8-4-11-18(14)15(19)16(17)9-5-10-16/h2-3,6-7,14H,4-5,8-11,17H2,1H3. The summed E-state index contributed by atoms with van der Waals surface area (Å²) in [6, 6.07) is 8.61. The zero-order valence-electron chi connectivity index (χ0n) is 11.6. The summed E-state index contributed by atoms with van der Waals surface area (Å²) < 4.78 is 0. The van der Waals surface area contributed by atoms with Gasteiger partial charge < -0.3 is 10.6 Å². The Morgan fingerprint density at radius 3 is 2.68 bits per heavy atom. The van der Waals surface area contributed by atoms with Crippen LogP contribution in [-0.4, -0.2) is 22.9 Å². The van der Waals surface area contributed by atoms with Crippen molar-refractivity contribution < 1.29 is 4.79 Å². The van der Waals surface area contributed by atoms with E-state index >= 15 is 0 Å². The number of amides is 1. The summed E-state index contributed by atoms with van der Waals surface area (Å²) in [5.41, 5.74) is 8.21. The highest BCUT2D eigenvalue weighted by molar-refractivity contribution is 5.87. The Balaban J connectivity index is 1.86. The van der Waals surface area contributed by atoms with E-state index in [1.807, 2.05) is 4.90 Å². The second-order valence-electron chi connectivity index (χ2n) is 6.02. The van der Waals surface area contributed by atoms with Crippen LogP contribution in [0.5, 0.6) is 0 Å². The summed E-state index contributed by atoms with van der Waals surface area (Å²) in [6.45, 7) is 2.98. The third-order valence-corrected chi connectivity index (χ3v) is 4.73. The molecule has 1 atom stereocenters. The van der Waals surface area contributed by atoms with Crippen molar-refractivity contribution in [2.45, 2.75) is 50.6 Å². The minimum Gasteiger partial charge on any atom is -0.334 e. The van der Waals surface area contributed by atoms with Crippen LogP contribution in [0.4, 0.5) is 0 Å². The highest BCUT2D eigenvalue weighted by atomic mass is 16.2. The second-order valence-corrected chi connectivity index (χ2v) is 6.02. The van der Waals surface area contributed by atoms with Gasteiger partial charge in [0.1, 0.15) is 0 Å². The first-order valence-corrected chi connectivity index (χ1v) is 7.27. The van der Waals surface area contributed by atoms with E-state index in [-0.39, 0.29) is 11.9 Å². The zero-order chi connectivity index (χ0) is 13.5. The van der Waals surface area contributed by atoms with Gasteiger partial charge in [-0.05, 0) is 50.2 Å². The molecule has 102 valence electrons. The van der Waals surface area contributed by atoms with Crippen LogP contribution in [0.3, 0.4) is 0 Å². The van der Waals surface area contributed by atoms with Gasteiger partial charge in [0.05, 0.1) is 11.6 Å². The Labute approximate surface area is 114 Å². The molecule has 0 radical (unpaired) electrons. The molecular weight excluding hydrogens is 236 g/mol. The molecule has 1 heterocycles. The van der Waals surface area contributed by atoms with Crippen molar-refractivity contribution in [1.29, 1.82) is 0 Å². The van der Waals surface area contributed by atoms with Gasteiger partial charge in [0.25, 0.3) is 0 Å². The van der Waals surface area contributed by atoms with E-state index < -0.39 is 5.54 Å². The summed E-state index contributed by atoms with van der Waals surface area (Å²) >= 11 is 0. The first-order valence-electron chi connectivity index (χ1n) is 7.27. The lowest BCUT2D eigenvalue weighted by molar-refractivity contribution is -0.141. The molecule has 0 bridgehead atoms. The number of rotatable bonds is 2. The highest BCUT2D eigenvalue weighted by Gasteiger charge is 2.45. The Kier molecular flexibility index (Phi) is 3.09. The number of likely N-dealkylation sites (tertiary alicyclic amines) is 1. The molecule has 1 aromatic rings. The van der Waals surface area contributed by atoms with Crippen LogP contribution in [0.2, 0.25) is 0 Å². The van der Waals surface area contributed by atoms with Gasteiger partial charge in [-0.3, -0.25) is 4.79 Å². The lowest BCUT2D eigenvalue weighted by Gasteiger charge is -2.41. The molecule has 0 spiro atoms. The normalized spacial score (nSPS) is 25.2. The number of carbonyl (C=O) groups excluding carboxylic acids is 1. The zero-order valence-corrected chi connectivity index (χ0v) is 11.6. The molecule has 2 N–H and O–H groups in total. The lowest BCUT2D eigenvalue weighted by atomic mass is 9.76. The molecule has 3 nitrogen and oxygen atoms in total. The molecule has 1 aliphatic heterocycles. The molecule has 1 aromatic carbocycles. The van der Waals surface area contributed by atoms with E-state index in [1.165, 1.54) is 11.1 Å². The predicted octanol–water partition coefficient (Wildman–Crippen LogP) is 2.54. The first kappa shape index (κ1) is 12.7. The summed E-state index contributed by atoms with van der Waals surface area (Å²) in [6.07, 6.45) is 4.93. The molecule has 1 saturated heterocycles. The lowest BCUT2D eigenvalue weighted by Crippen LogP contribution is -2.59. The maximum atomic E-state index is 12.6. The molecule has 19 heavy (non-hydrogen) atoms. The molecule has 0 aromatic heterocycles. The van der Waals surface area contributed by atoms with E-state index in [0.29, 0.717) is 0 Å². The van der Waals surface area contributed by atoms with Crippen molar-refractivity contribution in [2.75, 3.05) is 6.54 Å². The minimum atomic E-state index is -0.564. The third kappa shape index (κ3) is 2.06. The Hall–Kier alpha value is -1.35. The summed E-state index contributed by atoms with van der Waals surface area (Å²) in [5.74, 6) is 0.171. The molecule has 1 unspecified atom stereocenters. The van der Waals surface area contributed by atoms with Crippen molar-refractivity contribution in [3.8, 4) is 0 Å². The van der Waals surface area contributed by atoms with E-state index in [1.54, 1.807) is 0 Å². The molecule has 1 amide bonds. The second kappa shape index (κ2) is 4.64. The van der Waals surface area contributed by atoms with Gasteiger partial charge in [-0.25, -0.2) is 0 Å². The average molecular weight is 258 g/mol. The van der Waals surface area contributed by atoms with Crippen molar-refractivity contribution in [3.63, 3.8) is 0 Å². The molecule has 2 aliphatic rings.